The van der Waals surface area contributed by atoms with Gasteiger partial charge in [-0.15, -0.1) is 0 Å². The number of phosphoric acid groups is 1. The summed E-state index contributed by atoms with van der Waals surface area (Å²) in [5.74, 6) is -0.0516. The van der Waals surface area contributed by atoms with Gasteiger partial charge in [-0.1, -0.05) is 0 Å². The van der Waals surface area contributed by atoms with E-state index in [4.69, 9.17) is 24.4 Å². The number of rotatable bonds is 5. The maximum absolute atomic E-state index is 12.2. The molecule has 0 amide bonds. The lowest BCUT2D eigenvalue weighted by molar-refractivity contribution is -0.0802. The molecule has 16 nitrogen and oxygen atoms in total. The van der Waals surface area contributed by atoms with Crippen LogP contribution in [0.3, 0.4) is 0 Å². The first-order valence-electron chi connectivity index (χ1n) is 9.08. The number of aryl methyl sites for hydroxylation is 2. The van der Waals surface area contributed by atoms with Crippen LogP contribution in [0.25, 0.3) is 22.6 Å². The van der Waals surface area contributed by atoms with E-state index in [9.17, 15) is 24.9 Å². The van der Waals surface area contributed by atoms with Gasteiger partial charge in [-0.05, 0) is 37.1 Å². The fourth-order valence-electron chi connectivity index (χ4n) is 2.89. The van der Waals surface area contributed by atoms with Crippen molar-refractivity contribution in [2.75, 3.05) is 6.61 Å². The van der Waals surface area contributed by atoms with Crippen molar-refractivity contribution in [2.24, 2.45) is 0 Å². The zero-order valence-corrected chi connectivity index (χ0v) is 18.8. The number of nitrogens with zero attached hydrogens (tertiary/aromatic N) is 3. The smallest absolute Gasteiger partial charge is 0.412 e. The minimum absolute atomic E-state index is 0. The molecule has 1 aromatic rings. The molecule has 2 aliphatic rings. The van der Waals surface area contributed by atoms with E-state index in [1.165, 1.54) is 4.57 Å². The molecule has 2 heterocycles. The molecule has 3 atom stereocenters. The van der Waals surface area contributed by atoms with Crippen molar-refractivity contribution in [3.8, 4) is 11.5 Å². The molecule has 0 aliphatic carbocycles. The Morgan fingerprint density at radius 1 is 1.00 bits per heavy atom. The number of nitrogens with one attached hydrogen (secondary N) is 1. The van der Waals surface area contributed by atoms with Gasteiger partial charge in [0, 0.05) is 0 Å². The molecule has 0 saturated heterocycles. The second-order valence-electron chi connectivity index (χ2n) is 7.01. The highest BCUT2D eigenvalue weighted by Gasteiger charge is 2.27. The average Bonchev–Trinajstić information content (AvgIpc) is 2.67. The monoisotopic (exact) mass is 510 g/mol. The maximum Gasteiger partial charge on any atom is 0.466 e. The van der Waals surface area contributed by atoms with E-state index in [1.807, 2.05) is 13.8 Å². The standard InChI is InChI=1S/C17H20N4O6.H3O4P.2H2O/c1-7-3-9-10(4-8(7)2)21(5-11(23)14(25)12(24)6-22)15-13(18-9)16(26)20-17(27)19-15;1-5(2,3)4;;/h3-4,11-12,14,22-25H,5-6H2,1-2H3,(H,20,26,27);(H3,1,2,3,4);2*1H2/t11-,12+,14-;;;/m0.../s1. The fourth-order valence-corrected chi connectivity index (χ4v) is 2.89. The molecular weight excluding hydrogens is 483 g/mol. The molecule has 34 heavy (non-hydrogen) atoms. The molecule has 0 radical (unpaired) electrons. The molecule has 1 aromatic carbocycles. The lowest BCUT2D eigenvalue weighted by Crippen LogP contribution is -2.42. The van der Waals surface area contributed by atoms with Gasteiger partial charge in [-0.2, -0.15) is 4.98 Å². The Balaban J connectivity index is 0.00000141. The minimum Gasteiger partial charge on any atom is -0.412 e. The first-order valence-corrected chi connectivity index (χ1v) is 10.6. The van der Waals surface area contributed by atoms with Gasteiger partial charge >= 0.3 is 13.5 Å². The zero-order valence-electron chi connectivity index (χ0n) is 17.9. The van der Waals surface area contributed by atoms with Gasteiger partial charge in [-0.3, -0.25) is 9.78 Å². The molecule has 17 heteroatoms. The van der Waals surface area contributed by atoms with Crippen molar-refractivity contribution in [1.82, 2.24) is 19.5 Å². The third-order valence-corrected chi connectivity index (χ3v) is 4.57. The Labute approximate surface area is 190 Å². The van der Waals surface area contributed by atoms with Crippen LogP contribution >= 0.6 is 7.82 Å². The molecule has 0 unspecified atom stereocenters. The molecule has 0 fully saturated rings. The van der Waals surface area contributed by atoms with Crippen molar-refractivity contribution in [2.45, 2.75) is 38.7 Å². The molecule has 0 aromatic heterocycles. The summed E-state index contributed by atoms with van der Waals surface area (Å²) in [6.07, 6.45) is -4.68. The van der Waals surface area contributed by atoms with Gasteiger partial charge in [0.25, 0.3) is 5.56 Å². The summed E-state index contributed by atoms with van der Waals surface area (Å²) in [7, 11) is -4.64. The number of aromatic nitrogens is 4. The van der Waals surface area contributed by atoms with Crippen LogP contribution in [0.15, 0.2) is 21.7 Å². The van der Waals surface area contributed by atoms with Gasteiger partial charge in [0.2, 0.25) is 0 Å². The van der Waals surface area contributed by atoms with Gasteiger partial charge in [-0.25, -0.2) is 14.3 Å². The Morgan fingerprint density at radius 2 is 1.53 bits per heavy atom. The Hall–Kier alpha value is -2.63. The number of aliphatic hydroxyl groups is 4. The summed E-state index contributed by atoms with van der Waals surface area (Å²) in [4.78, 5) is 55.6. The van der Waals surface area contributed by atoms with E-state index in [0.717, 1.165) is 11.1 Å². The van der Waals surface area contributed by atoms with Crippen molar-refractivity contribution in [3.05, 3.63) is 44.1 Å². The Bertz CT molecular complexity index is 1230. The molecule has 0 saturated carbocycles. The second kappa shape index (κ2) is 12.2. The third kappa shape index (κ3) is 7.71. The van der Waals surface area contributed by atoms with Crippen molar-refractivity contribution in [3.63, 3.8) is 0 Å². The largest absolute Gasteiger partial charge is 0.466 e. The predicted octanol–water partition coefficient (Wildman–Crippen LogP) is -4.30. The topological polar surface area (TPSA) is 302 Å². The van der Waals surface area contributed by atoms with Crippen LogP contribution in [-0.2, 0) is 11.1 Å². The second-order valence-corrected chi connectivity index (χ2v) is 8.04. The average molecular weight is 510 g/mol. The summed E-state index contributed by atoms with van der Waals surface area (Å²) in [6, 6.07) is 3.53. The zero-order chi connectivity index (χ0) is 24.4. The number of hydrogen-bond acceptors (Lipinski definition) is 9. The fraction of sp³-hybridized carbons (Fsp3) is 0.412. The van der Waals surface area contributed by atoms with Crippen LogP contribution in [0.5, 0.6) is 0 Å². The number of hydrogen-bond donors (Lipinski definition) is 8. The molecule has 3 rings (SSSR count). The first kappa shape index (κ1) is 31.4. The van der Waals surface area contributed by atoms with E-state index < -0.39 is 44.0 Å². The lowest BCUT2D eigenvalue weighted by atomic mass is 10.1. The van der Waals surface area contributed by atoms with Gasteiger partial charge in [0.1, 0.15) is 18.3 Å². The first-order chi connectivity index (χ1) is 14.7. The molecule has 192 valence electrons. The van der Waals surface area contributed by atoms with Gasteiger partial charge < -0.3 is 50.6 Å². The highest BCUT2D eigenvalue weighted by molar-refractivity contribution is 7.45. The normalized spacial score (nSPS) is 13.8. The summed E-state index contributed by atoms with van der Waals surface area (Å²) in [5, 5.41) is 38.8. The highest BCUT2D eigenvalue weighted by atomic mass is 31.2. The van der Waals surface area contributed by atoms with Gasteiger partial charge in [0.05, 0.1) is 24.2 Å². The van der Waals surface area contributed by atoms with Crippen LogP contribution in [0.1, 0.15) is 11.1 Å². The summed E-state index contributed by atoms with van der Waals surface area (Å²) < 4.78 is 10.3. The molecular formula is C17H27N4O12P. The van der Waals surface area contributed by atoms with Crippen molar-refractivity contribution in [1.29, 1.82) is 0 Å². The van der Waals surface area contributed by atoms with E-state index in [2.05, 4.69) is 15.0 Å². The van der Waals surface area contributed by atoms with Crippen LogP contribution < -0.4 is 11.2 Å². The quantitative estimate of drug-likeness (QED) is 0.119. The SMILES string of the molecule is Cc1cc2nc3c(=O)[nH]c(=O)nc-3n(C[C@H](O)[C@H](O)[C@H](O)CO)c2cc1C.O.O.O=P(O)(O)O. The van der Waals surface area contributed by atoms with E-state index in [0.29, 0.717) is 11.0 Å². The van der Waals surface area contributed by atoms with Crippen LogP contribution in [-0.4, -0.2) is 90.5 Å². The summed E-state index contributed by atoms with van der Waals surface area (Å²) in [5.41, 5.74) is 1.11. The minimum atomic E-state index is -4.64. The molecule has 12 N–H and O–H groups in total. The van der Waals surface area contributed by atoms with Gasteiger partial charge in [0.15, 0.2) is 11.5 Å². The number of benzene rings is 1. The number of aliphatic hydroxyl groups excluding tert-OH is 4. The molecule has 0 bridgehead atoms. The maximum atomic E-state index is 12.2. The van der Waals surface area contributed by atoms with Crippen LogP contribution in [0, 0.1) is 13.8 Å². The van der Waals surface area contributed by atoms with E-state index in [-0.39, 0.29) is 29.0 Å². The van der Waals surface area contributed by atoms with Crippen molar-refractivity contribution < 1.29 is 50.6 Å². The van der Waals surface area contributed by atoms with Crippen LogP contribution in [0.2, 0.25) is 0 Å². The summed E-state index contributed by atoms with van der Waals surface area (Å²) in [6.45, 7) is 2.73. The van der Waals surface area contributed by atoms with E-state index in [1.54, 1.807) is 12.1 Å². The van der Waals surface area contributed by atoms with E-state index >= 15 is 0 Å². The Kier molecular flexibility index (Phi) is 11.2. The number of fused-ring (bicyclic) bond motifs is 2. The third-order valence-electron chi connectivity index (χ3n) is 4.57. The molecule has 2 aliphatic heterocycles. The highest BCUT2D eigenvalue weighted by Crippen LogP contribution is 2.26. The molecule has 0 spiro atoms. The van der Waals surface area contributed by atoms with Crippen molar-refractivity contribution >= 4 is 18.9 Å². The number of aromatic amines is 1. The Morgan fingerprint density at radius 3 is 2.06 bits per heavy atom. The predicted molar refractivity (Wildman–Crippen MR) is 117 cm³/mol. The lowest BCUT2D eigenvalue weighted by Gasteiger charge is -2.25. The summed E-state index contributed by atoms with van der Waals surface area (Å²) >= 11 is 0. The number of H-pyrrole nitrogens is 1. The van der Waals surface area contributed by atoms with Crippen LogP contribution in [0.4, 0.5) is 0 Å².